The number of fused-ring (bicyclic) bond motifs is 3. The number of benzene rings is 3. The molecule has 3 aliphatic heterocycles. The highest BCUT2D eigenvalue weighted by Gasteiger charge is 2.67. The van der Waals surface area contributed by atoms with Gasteiger partial charge in [0.25, 0.3) is 11.6 Å². The maximum atomic E-state index is 16.3. The third kappa shape index (κ3) is 4.92. The summed E-state index contributed by atoms with van der Waals surface area (Å²) in [5.74, 6) is -1.40. The summed E-state index contributed by atoms with van der Waals surface area (Å²) in [6.45, 7) is 5.17. The van der Waals surface area contributed by atoms with Crippen molar-refractivity contribution in [1.82, 2.24) is 4.90 Å². The number of rotatable bonds is 7. The summed E-state index contributed by atoms with van der Waals surface area (Å²) in [6, 6.07) is 21.0. The second kappa shape index (κ2) is 11.2. The maximum absolute atomic E-state index is 16.3. The van der Waals surface area contributed by atoms with E-state index in [4.69, 9.17) is 4.74 Å². The Morgan fingerprint density at radius 1 is 1.11 bits per heavy atom. The average molecular weight is 618 g/mol. The number of halogens is 1. The fraction of sp³-hybridized carbons (Fsp3) is 0.394. The Balaban J connectivity index is 1.39. The van der Waals surface area contributed by atoms with Crippen LogP contribution in [-0.2, 0) is 39.4 Å². The van der Waals surface area contributed by atoms with E-state index in [1.165, 1.54) is 12.1 Å². The first-order valence-electron chi connectivity index (χ1n) is 14.9. The van der Waals surface area contributed by atoms with Crippen LogP contribution in [0.3, 0.4) is 0 Å². The minimum Gasteiger partial charge on any atom is -0.394 e. The molecule has 3 aromatic rings. The molecule has 0 bridgehead atoms. The van der Waals surface area contributed by atoms with Gasteiger partial charge in [0.1, 0.15) is 0 Å². The number of aliphatic hydroxyl groups excluding tert-OH is 1. The van der Waals surface area contributed by atoms with E-state index in [9.17, 15) is 24.8 Å². The number of nitro benzene ring substituents is 1. The number of hydrogen-bond acceptors (Lipinski definition) is 6. The van der Waals surface area contributed by atoms with E-state index < -0.39 is 48.4 Å². The third-order valence-electron chi connectivity index (χ3n) is 9.60. The van der Waals surface area contributed by atoms with E-state index >= 15 is 4.11 Å². The number of carbonyl (C=O) groups excluding carboxylic acids is 2. The van der Waals surface area contributed by atoms with E-state index in [0.717, 1.165) is 16.7 Å². The summed E-state index contributed by atoms with van der Waals surface area (Å²) < 4.78 is 23.0. The molecule has 0 aliphatic carbocycles. The zero-order valence-corrected chi connectivity index (χ0v) is 26.0. The van der Waals surface area contributed by atoms with Crippen molar-refractivity contribution in [1.29, 1.82) is 0 Å². The molecule has 2 amide bonds. The zero-order valence-electron chi connectivity index (χ0n) is 25.0. The van der Waals surface area contributed by atoms with Crippen molar-refractivity contribution < 1.29 is 28.5 Å². The molecule has 3 heterocycles. The molecular weight excluding hydrogens is 581 g/mol. The first kappa shape index (κ1) is 30.1. The summed E-state index contributed by atoms with van der Waals surface area (Å²) in [6.07, 6.45) is -0.610. The van der Waals surface area contributed by atoms with Gasteiger partial charge >= 0.3 is 0 Å². The summed E-state index contributed by atoms with van der Waals surface area (Å²) in [4.78, 5) is 43.0. The van der Waals surface area contributed by atoms with Gasteiger partial charge in [0.15, 0.2) is 5.60 Å². The fourth-order valence-corrected chi connectivity index (χ4v) is 10.1. The van der Waals surface area contributed by atoms with Gasteiger partial charge in [-0.2, -0.15) is 0 Å². The molecule has 1 saturated heterocycles. The van der Waals surface area contributed by atoms with Crippen LogP contribution >= 0.6 is 0 Å². The molecule has 0 saturated carbocycles. The standard InChI is InChI=1S/C33H36FN3O6Si/c1-21-31(44(2,3)34)29(17-30(39)35-19-24-12-8-7-11-23(24)15-26(35)20-38)43-33(21)27-16-25(37(41)42)13-14-28(27)36(32(33)40)18-22-9-5-4-6-10-22/h4-14,16,21,26,29,31,38H,15,17-20H2,1-3H3/t21-,26+,29+,31-,33+/m1/s1. The molecular formula is C33H36FN3O6Si. The van der Waals surface area contributed by atoms with Crippen LogP contribution in [0.25, 0.3) is 0 Å². The van der Waals surface area contributed by atoms with Gasteiger partial charge < -0.3 is 23.8 Å². The Labute approximate surface area is 256 Å². The summed E-state index contributed by atoms with van der Waals surface area (Å²) in [5, 5.41) is 22.0. The molecule has 230 valence electrons. The maximum Gasteiger partial charge on any atom is 0.269 e. The van der Waals surface area contributed by atoms with Gasteiger partial charge in [0.05, 0.1) is 42.3 Å². The first-order valence-corrected chi connectivity index (χ1v) is 17.9. The normalized spacial score (nSPS) is 26.2. The molecule has 1 fully saturated rings. The number of nitro groups is 1. The van der Waals surface area contributed by atoms with E-state index in [0.29, 0.717) is 24.2 Å². The van der Waals surface area contributed by atoms with Crippen LogP contribution in [0.15, 0.2) is 72.8 Å². The molecule has 44 heavy (non-hydrogen) atoms. The highest BCUT2D eigenvalue weighted by molar-refractivity contribution is 6.72. The van der Waals surface area contributed by atoms with E-state index in [1.54, 1.807) is 35.9 Å². The Hall–Kier alpha value is -3.93. The first-order chi connectivity index (χ1) is 21.0. The van der Waals surface area contributed by atoms with Gasteiger partial charge in [-0.25, -0.2) is 0 Å². The highest BCUT2D eigenvalue weighted by atomic mass is 28.4. The van der Waals surface area contributed by atoms with E-state index in [1.807, 2.05) is 54.6 Å². The molecule has 1 spiro atoms. The second-order valence-electron chi connectivity index (χ2n) is 12.6. The zero-order chi connectivity index (χ0) is 31.4. The van der Waals surface area contributed by atoms with E-state index in [-0.39, 0.29) is 31.2 Å². The average Bonchev–Trinajstić information content (AvgIpc) is 3.42. The molecule has 0 aromatic heterocycles. The molecule has 0 unspecified atom stereocenters. The number of anilines is 1. The third-order valence-corrected chi connectivity index (χ3v) is 12.1. The smallest absolute Gasteiger partial charge is 0.269 e. The SMILES string of the molecule is C[C@@H]1[C@@H]([Si](C)(C)F)[C@H](CC(=O)N2Cc3ccccc3C[C@H]2CO)O[C@@]12C(=O)N(Cc1ccccc1)c1ccc([N+](=O)[O-])cc12. The quantitative estimate of drug-likeness (QED) is 0.168. The van der Waals surface area contributed by atoms with Gasteiger partial charge in [-0.1, -0.05) is 61.5 Å². The van der Waals surface area contributed by atoms with Crippen LogP contribution in [0.2, 0.25) is 18.6 Å². The van der Waals surface area contributed by atoms with Crippen molar-refractivity contribution in [3.8, 4) is 0 Å². The fourth-order valence-electron chi connectivity index (χ4n) is 7.60. The number of nitrogens with zero attached hydrogens (tertiary/aromatic N) is 3. The molecule has 9 nitrogen and oxygen atoms in total. The van der Waals surface area contributed by atoms with E-state index in [2.05, 4.69) is 0 Å². The number of ether oxygens (including phenoxy) is 1. The summed E-state index contributed by atoms with van der Waals surface area (Å²) >= 11 is 0. The van der Waals surface area contributed by atoms with Crippen LogP contribution in [-0.4, -0.2) is 53.9 Å². The van der Waals surface area contributed by atoms with Crippen LogP contribution in [0.1, 0.15) is 35.6 Å². The van der Waals surface area contributed by atoms with Gasteiger partial charge in [0.2, 0.25) is 14.3 Å². The molecule has 3 aliphatic rings. The van der Waals surface area contributed by atoms with Crippen molar-refractivity contribution in [2.24, 2.45) is 5.92 Å². The second-order valence-corrected chi connectivity index (χ2v) is 16.4. The Morgan fingerprint density at radius 2 is 1.80 bits per heavy atom. The molecule has 1 N–H and O–H groups in total. The molecule has 11 heteroatoms. The van der Waals surface area contributed by atoms with Gasteiger partial charge in [-0.05, 0) is 42.3 Å². The van der Waals surface area contributed by atoms with Crippen molar-refractivity contribution in [2.45, 2.75) is 69.2 Å². The molecule has 3 aromatic carbocycles. The largest absolute Gasteiger partial charge is 0.394 e. The number of hydrogen-bond donors (Lipinski definition) is 1. The summed E-state index contributed by atoms with van der Waals surface area (Å²) in [5.41, 5.74) is 1.10. The van der Waals surface area contributed by atoms with Crippen LogP contribution in [0.4, 0.5) is 15.5 Å². The lowest BCUT2D eigenvalue weighted by atomic mass is 9.82. The minimum atomic E-state index is -3.58. The Bertz CT molecular complexity index is 1610. The lowest BCUT2D eigenvalue weighted by Crippen LogP contribution is -2.48. The Morgan fingerprint density at radius 3 is 2.45 bits per heavy atom. The lowest BCUT2D eigenvalue weighted by molar-refractivity contribution is -0.385. The van der Waals surface area contributed by atoms with Gasteiger partial charge in [-0.3, -0.25) is 19.7 Å². The van der Waals surface area contributed by atoms with Crippen LogP contribution in [0.5, 0.6) is 0 Å². The number of non-ortho nitro benzene ring substituents is 1. The number of amides is 2. The lowest BCUT2D eigenvalue weighted by Gasteiger charge is -2.37. The molecule has 6 rings (SSSR count). The van der Waals surface area contributed by atoms with Gasteiger partial charge in [0, 0.05) is 35.7 Å². The van der Waals surface area contributed by atoms with Crippen molar-refractivity contribution in [3.63, 3.8) is 0 Å². The van der Waals surface area contributed by atoms with Gasteiger partial charge in [-0.15, -0.1) is 0 Å². The summed E-state index contributed by atoms with van der Waals surface area (Å²) in [7, 11) is -3.58. The number of aliphatic hydroxyl groups is 1. The Kier molecular flexibility index (Phi) is 7.67. The monoisotopic (exact) mass is 617 g/mol. The topological polar surface area (TPSA) is 113 Å². The number of carbonyl (C=O) groups is 2. The minimum absolute atomic E-state index is 0.175. The van der Waals surface area contributed by atoms with Crippen molar-refractivity contribution in [2.75, 3.05) is 11.5 Å². The molecule has 0 radical (unpaired) electrons. The molecule has 5 atom stereocenters. The van der Waals surface area contributed by atoms with Crippen molar-refractivity contribution >= 4 is 31.6 Å². The predicted molar refractivity (Wildman–Crippen MR) is 165 cm³/mol. The highest BCUT2D eigenvalue weighted by Crippen LogP contribution is 2.60. The van der Waals surface area contributed by atoms with Crippen LogP contribution < -0.4 is 4.90 Å². The predicted octanol–water partition coefficient (Wildman–Crippen LogP) is 5.25. The van der Waals surface area contributed by atoms with Crippen molar-refractivity contribution in [3.05, 3.63) is 105 Å². The van der Waals surface area contributed by atoms with Crippen LogP contribution in [0, 0.1) is 16.0 Å².